The lowest BCUT2D eigenvalue weighted by Crippen LogP contribution is -2.36. The van der Waals surface area contributed by atoms with E-state index in [9.17, 15) is 22.8 Å². The van der Waals surface area contributed by atoms with E-state index in [0.29, 0.717) is 43.0 Å². The first-order valence-electron chi connectivity index (χ1n) is 10.6. The number of nitrogens with zero attached hydrogens (tertiary/aromatic N) is 4. The first-order chi connectivity index (χ1) is 17.1. The van der Waals surface area contributed by atoms with Gasteiger partial charge in [-0.15, -0.1) is 24.5 Å². The highest BCUT2D eigenvalue weighted by Gasteiger charge is 2.32. The number of piperidine rings is 1. The average molecular weight is 523 g/mol. The van der Waals surface area contributed by atoms with Crippen LogP contribution in [0.15, 0.2) is 36.0 Å². The van der Waals surface area contributed by atoms with E-state index in [0.717, 1.165) is 17.4 Å². The lowest BCUT2D eigenvalue weighted by Gasteiger charge is -2.30. The zero-order valence-corrected chi connectivity index (χ0v) is 19.6. The molecule has 3 aromatic rings. The molecule has 4 rings (SSSR count). The fourth-order valence-electron chi connectivity index (χ4n) is 3.62. The molecule has 0 saturated carbocycles. The maximum absolute atomic E-state index is 12.7. The molecule has 0 unspecified atom stereocenters. The molecule has 3 heterocycles. The zero-order chi connectivity index (χ0) is 25.9. The van der Waals surface area contributed by atoms with Gasteiger partial charge in [-0.3, -0.25) is 14.9 Å². The molecule has 10 nitrogen and oxygen atoms in total. The van der Waals surface area contributed by atoms with Crippen LogP contribution >= 0.6 is 11.3 Å². The van der Waals surface area contributed by atoms with Crippen molar-refractivity contribution in [2.75, 3.05) is 30.4 Å². The predicted molar refractivity (Wildman–Crippen MR) is 123 cm³/mol. The number of anilines is 2. The summed E-state index contributed by atoms with van der Waals surface area (Å²) in [5.74, 6) is -1.79. The lowest BCUT2D eigenvalue weighted by atomic mass is 9.97. The van der Waals surface area contributed by atoms with Gasteiger partial charge in [0.1, 0.15) is 11.5 Å². The van der Waals surface area contributed by atoms with Gasteiger partial charge in [-0.2, -0.15) is 0 Å². The Kier molecular flexibility index (Phi) is 7.24. The number of ether oxygens (including phenoxy) is 2. The number of aromatic nitrogens is 3. The van der Waals surface area contributed by atoms with Crippen molar-refractivity contribution in [1.29, 1.82) is 0 Å². The van der Waals surface area contributed by atoms with Crippen LogP contribution in [0.3, 0.4) is 0 Å². The van der Waals surface area contributed by atoms with Crippen LogP contribution in [0.4, 0.5) is 24.1 Å². The van der Waals surface area contributed by atoms with E-state index in [4.69, 9.17) is 9.84 Å². The fraction of sp³-hybridized carbons (Fsp3) is 0.318. The Morgan fingerprint density at radius 2 is 1.92 bits per heavy atom. The number of halogens is 3. The van der Waals surface area contributed by atoms with E-state index in [1.807, 2.05) is 4.90 Å². The summed E-state index contributed by atoms with van der Waals surface area (Å²) in [4.78, 5) is 38.2. The van der Waals surface area contributed by atoms with Gasteiger partial charge in [0.25, 0.3) is 5.91 Å². The van der Waals surface area contributed by atoms with E-state index in [1.54, 1.807) is 5.38 Å². The fourth-order valence-corrected chi connectivity index (χ4v) is 4.34. The van der Waals surface area contributed by atoms with Gasteiger partial charge < -0.3 is 19.5 Å². The molecule has 0 radical (unpaired) electrons. The molecule has 1 aromatic carbocycles. The summed E-state index contributed by atoms with van der Waals surface area (Å²) in [6.45, 7) is 1.06. The molecule has 190 valence electrons. The van der Waals surface area contributed by atoms with Crippen LogP contribution < -0.4 is 19.7 Å². The smallest absolute Gasteiger partial charge is 0.493 e. The molecular weight excluding hydrogens is 503 g/mol. The summed E-state index contributed by atoms with van der Waals surface area (Å²) in [7, 11) is 1.23. The number of aliphatic carboxylic acids is 1. The molecule has 1 fully saturated rings. The number of hydrogen-bond donors (Lipinski definition) is 2. The summed E-state index contributed by atoms with van der Waals surface area (Å²) >= 11 is 1.08. The third kappa shape index (κ3) is 6.00. The van der Waals surface area contributed by atoms with Gasteiger partial charge in [-0.25, -0.2) is 15.0 Å². The van der Waals surface area contributed by atoms with Crippen LogP contribution in [0.5, 0.6) is 11.5 Å². The number of methoxy groups -OCH3 is 1. The maximum atomic E-state index is 12.7. The van der Waals surface area contributed by atoms with Crippen LogP contribution in [-0.2, 0) is 4.79 Å². The van der Waals surface area contributed by atoms with Crippen molar-refractivity contribution in [3.05, 3.63) is 41.7 Å². The second-order valence-corrected chi connectivity index (χ2v) is 8.62. The molecular formula is C22H20F3N5O5S. The molecule has 36 heavy (non-hydrogen) atoms. The number of carbonyl (C=O) groups excluding carboxylic acids is 1. The molecule has 0 spiro atoms. The van der Waals surface area contributed by atoms with Crippen molar-refractivity contribution in [3.8, 4) is 22.8 Å². The number of thiazole rings is 1. The van der Waals surface area contributed by atoms with Gasteiger partial charge in [0, 0.05) is 24.0 Å². The second kappa shape index (κ2) is 10.4. The van der Waals surface area contributed by atoms with Crippen molar-refractivity contribution >= 4 is 34.2 Å². The first kappa shape index (κ1) is 25.2. The number of rotatable bonds is 7. The monoisotopic (exact) mass is 523 g/mol. The average Bonchev–Trinajstić information content (AvgIpc) is 3.31. The molecule has 14 heteroatoms. The number of alkyl halides is 3. The summed E-state index contributed by atoms with van der Waals surface area (Å²) in [6, 6.07) is 4.00. The van der Waals surface area contributed by atoms with E-state index in [-0.39, 0.29) is 22.5 Å². The quantitative estimate of drug-likeness (QED) is 0.471. The van der Waals surface area contributed by atoms with Crippen molar-refractivity contribution < 1.29 is 37.3 Å². The van der Waals surface area contributed by atoms with Crippen molar-refractivity contribution in [3.63, 3.8) is 0 Å². The molecule has 0 atom stereocenters. The van der Waals surface area contributed by atoms with E-state index >= 15 is 0 Å². The van der Waals surface area contributed by atoms with Crippen LogP contribution in [-0.4, -0.2) is 58.5 Å². The van der Waals surface area contributed by atoms with Crippen LogP contribution in [0, 0.1) is 5.92 Å². The molecule has 1 aliphatic heterocycles. The lowest BCUT2D eigenvalue weighted by molar-refractivity contribution is -0.275. The predicted octanol–water partition coefficient (Wildman–Crippen LogP) is 4.06. The molecule has 1 aliphatic rings. The first-order valence-corrected chi connectivity index (χ1v) is 11.5. The summed E-state index contributed by atoms with van der Waals surface area (Å²) in [5, 5.41) is 13.5. The van der Waals surface area contributed by atoms with Crippen molar-refractivity contribution in [2.45, 2.75) is 19.2 Å². The number of hydrogen-bond acceptors (Lipinski definition) is 9. The number of carboxylic acids is 1. The summed E-state index contributed by atoms with van der Waals surface area (Å²) < 4.78 is 47.0. The third-order valence-corrected chi connectivity index (χ3v) is 6.21. The Morgan fingerprint density at radius 3 is 2.53 bits per heavy atom. The molecule has 0 bridgehead atoms. The molecule has 2 aromatic heterocycles. The van der Waals surface area contributed by atoms with E-state index in [2.05, 4.69) is 25.0 Å². The Balaban J connectivity index is 1.41. The Bertz CT molecular complexity index is 1240. The van der Waals surface area contributed by atoms with Crippen molar-refractivity contribution in [1.82, 2.24) is 15.0 Å². The van der Waals surface area contributed by atoms with Gasteiger partial charge in [0.05, 0.1) is 31.1 Å². The van der Waals surface area contributed by atoms with Gasteiger partial charge in [-0.1, -0.05) is 0 Å². The number of nitrogens with one attached hydrogen (secondary N) is 1. The van der Waals surface area contributed by atoms with E-state index in [1.165, 1.54) is 31.6 Å². The van der Waals surface area contributed by atoms with Crippen LogP contribution in [0.2, 0.25) is 0 Å². The number of amides is 1. The van der Waals surface area contributed by atoms with Crippen molar-refractivity contribution in [2.24, 2.45) is 5.92 Å². The number of carboxylic acid groups (broad SMARTS) is 1. The highest BCUT2D eigenvalue weighted by molar-refractivity contribution is 7.14. The van der Waals surface area contributed by atoms with Gasteiger partial charge in [-0.05, 0) is 31.0 Å². The number of carbonyl (C=O) groups is 2. The van der Waals surface area contributed by atoms with Gasteiger partial charge in [0.2, 0.25) is 0 Å². The maximum Gasteiger partial charge on any atom is 0.573 e. The van der Waals surface area contributed by atoms with Crippen LogP contribution in [0.1, 0.15) is 23.3 Å². The largest absolute Gasteiger partial charge is 0.573 e. The zero-order valence-electron chi connectivity index (χ0n) is 18.8. The highest BCUT2D eigenvalue weighted by Crippen LogP contribution is 2.36. The van der Waals surface area contributed by atoms with Gasteiger partial charge in [0.15, 0.2) is 16.6 Å². The van der Waals surface area contributed by atoms with Gasteiger partial charge >= 0.3 is 12.3 Å². The minimum Gasteiger partial charge on any atom is -0.493 e. The molecule has 1 amide bonds. The van der Waals surface area contributed by atoms with Crippen LogP contribution in [0.25, 0.3) is 11.3 Å². The molecule has 1 saturated heterocycles. The Labute approximate surface area is 206 Å². The minimum atomic E-state index is -4.89. The third-order valence-electron chi connectivity index (χ3n) is 5.45. The molecule has 2 N–H and O–H groups in total. The highest BCUT2D eigenvalue weighted by atomic mass is 32.1. The SMILES string of the molecule is COc1ccc(-c2csc(NC(=O)c3cnc(N4CCC(C(=O)O)CC4)cn3)n2)cc1OC(F)(F)F. The summed E-state index contributed by atoms with van der Waals surface area (Å²) in [5.41, 5.74) is 0.708. The number of benzene rings is 1. The minimum absolute atomic E-state index is 0.0428. The topological polar surface area (TPSA) is 127 Å². The standard InChI is InChI=1S/C22H20F3N5O5S/c1-34-16-3-2-13(8-17(16)35-22(23,24)25)15-11-36-21(28-15)29-19(31)14-9-27-18(10-26-14)30-6-4-12(5-7-30)20(32)33/h2-3,8-12H,4-7H2,1H3,(H,32,33)(H,28,29,31). The Hall–Kier alpha value is -3.94. The summed E-state index contributed by atoms with van der Waals surface area (Å²) in [6.07, 6.45) is -1.12. The normalized spacial score (nSPS) is 14.4. The molecule has 0 aliphatic carbocycles. The Morgan fingerprint density at radius 1 is 1.17 bits per heavy atom. The second-order valence-electron chi connectivity index (χ2n) is 7.76. The van der Waals surface area contributed by atoms with E-state index < -0.39 is 24.0 Å².